The predicted octanol–water partition coefficient (Wildman–Crippen LogP) is 2.98. The number of hydrogen-bond acceptors (Lipinski definition) is 5. The predicted molar refractivity (Wildman–Crippen MR) is 82.6 cm³/mol. The van der Waals surface area contributed by atoms with E-state index < -0.39 is 0 Å². The highest BCUT2D eigenvalue weighted by atomic mass is 32.1. The molecule has 0 fully saturated rings. The summed E-state index contributed by atoms with van der Waals surface area (Å²) in [5.74, 6) is 1.10. The highest BCUT2D eigenvalue weighted by molar-refractivity contribution is 7.11. The maximum atomic E-state index is 5.07. The van der Waals surface area contributed by atoms with Gasteiger partial charge in [0.1, 0.15) is 0 Å². The molecule has 20 heavy (non-hydrogen) atoms. The summed E-state index contributed by atoms with van der Waals surface area (Å²) in [4.78, 5) is 10.4. The van der Waals surface area contributed by atoms with Crippen LogP contribution in [-0.2, 0) is 13.0 Å². The summed E-state index contributed by atoms with van der Waals surface area (Å²) in [6, 6.07) is 3.93. The fraction of sp³-hybridized carbons (Fsp3) is 0.467. The Kier molecular flexibility index (Phi) is 5.09. The molecule has 0 radical (unpaired) electrons. The minimum atomic E-state index is 0.456. The lowest BCUT2D eigenvalue weighted by molar-refractivity contribution is 0.397. The van der Waals surface area contributed by atoms with Crippen LogP contribution < -0.4 is 10.1 Å². The second-order valence-corrected chi connectivity index (χ2v) is 6.15. The number of nitrogens with zero attached hydrogens (tertiary/aromatic N) is 2. The molecule has 0 saturated heterocycles. The Morgan fingerprint density at radius 2 is 2.15 bits per heavy atom. The first kappa shape index (κ1) is 14.9. The van der Waals surface area contributed by atoms with Crippen molar-refractivity contribution < 1.29 is 4.74 Å². The van der Waals surface area contributed by atoms with Crippen LogP contribution in [0.25, 0.3) is 0 Å². The van der Waals surface area contributed by atoms with Gasteiger partial charge in [-0.3, -0.25) is 0 Å². The molecule has 2 aromatic rings. The summed E-state index contributed by atoms with van der Waals surface area (Å²) in [6.45, 7) is 5.26. The van der Waals surface area contributed by atoms with Crippen molar-refractivity contribution in [3.05, 3.63) is 39.5 Å². The van der Waals surface area contributed by atoms with Crippen LogP contribution in [0.4, 0.5) is 0 Å². The van der Waals surface area contributed by atoms with Crippen LogP contribution in [0.1, 0.15) is 40.9 Å². The molecule has 0 aliphatic rings. The molecule has 0 unspecified atom stereocenters. The number of aromatic nitrogens is 2. The monoisotopic (exact) mass is 291 g/mol. The quantitative estimate of drug-likeness (QED) is 0.889. The molecule has 5 heteroatoms. The van der Waals surface area contributed by atoms with E-state index in [0.29, 0.717) is 11.8 Å². The van der Waals surface area contributed by atoms with E-state index in [2.05, 4.69) is 24.1 Å². The number of methoxy groups -OCH3 is 1. The fourth-order valence-corrected chi connectivity index (χ4v) is 3.31. The Balaban J connectivity index is 2.17. The number of hydrogen-bond donors (Lipinski definition) is 1. The number of thiazole rings is 1. The number of ether oxygens (including phenoxy) is 1. The van der Waals surface area contributed by atoms with E-state index in [1.165, 1.54) is 10.6 Å². The average molecular weight is 291 g/mol. The maximum Gasteiger partial charge on any atom is 0.212 e. The van der Waals surface area contributed by atoms with E-state index in [9.17, 15) is 0 Å². The van der Waals surface area contributed by atoms with Gasteiger partial charge < -0.3 is 10.1 Å². The largest absolute Gasteiger partial charge is 0.481 e. The van der Waals surface area contributed by atoms with Gasteiger partial charge in [0.05, 0.1) is 17.8 Å². The van der Waals surface area contributed by atoms with Gasteiger partial charge in [0.25, 0.3) is 0 Å². The molecule has 0 atom stereocenters. The summed E-state index contributed by atoms with van der Waals surface area (Å²) in [5, 5.41) is 4.36. The van der Waals surface area contributed by atoms with Crippen LogP contribution in [0.2, 0.25) is 0 Å². The first-order valence-corrected chi connectivity index (χ1v) is 7.57. The Labute approximate surface area is 124 Å². The minimum Gasteiger partial charge on any atom is -0.481 e. The molecule has 2 heterocycles. The molecule has 0 amide bonds. The smallest absolute Gasteiger partial charge is 0.212 e. The Hall–Kier alpha value is -1.46. The Bertz CT molecular complexity index is 549. The first-order chi connectivity index (χ1) is 9.63. The topological polar surface area (TPSA) is 47.0 Å². The lowest BCUT2D eigenvalue weighted by Gasteiger charge is -2.03. The van der Waals surface area contributed by atoms with Crippen molar-refractivity contribution in [2.24, 2.45) is 0 Å². The Morgan fingerprint density at radius 1 is 1.35 bits per heavy atom. The van der Waals surface area contributed by atoms with Crippen LogP contribution in [-0.4, -0.2) is 24.1 Å². The van der Waals surface area contributed by atoms with Gasteiger partial charge in [-0.25, -0.2) is 9.97 Å². The third-order valence-electron chi connectivity index (χ3n) is 3.02. The molecule has 0 saturated carbocycles. The third-order valence-corrected chi connectivity index (χ3v) is 4.09. The molecule has 2 rings (SSSR count). The van der Waals surface area contributed by atoms with Gasteiger partial charge in [-0.05, 0) is 18.5 Å². The third kappa shape index (κ3) is 3.55. The SMILES string of the molecule is CNCc1sc(Cc2ccc(OC)nc2)nc1C(C)C. The average Bonchev–Trinajstić information content (AvgIpc) is 2.83. The van der Waals surface area contributed by atoms with E-state index in [0.717, 1.165) is 23.5 Å². The lowest BCUT2D eigenvalue weighted by atomic mass is 10.1. The Morgan fingerprint density at radius 3 is 2.70 bits per heavy atom. The highest BCUT2D eigenvalue weighted by Crippen LogP contribution is 2.26. The molecule has 0 aliphatic carbocycles. The van der Waals surface area contributed by atoms with Crippen molar-refractivity contribution in [2.45, 2.75) is 32.7 Å². The van der Waals surface area contributed by atoms with Crippen molar-refractivity contribution in [1.29, 1.82) is 0 Å². The summed E-state index contributed by atoms with van der Waals surface area (Å²) >= 11 is 1.78. The number of nitrogens with one attached hydrogen (secondary N) is 1. The summed E-state index contributed by atoms with van der Waals surface area (Å²) in [7, 11) is 3.60. The van der Waals surface area contributed by atoms with E-state index >= 15 is 0 Å². The molecule has 0 spiro atoms. The second kappa shape index (κ2) is 6.81. The van der Waals surface area contributed by atoms with Crippen molar-refractivity contribution in [3.63, 3.8) is 0 Å². The van der Waals surface area contributed by atoms with Gasteiger partial charge in [0.2, 0.25) is 5.88 Å². The zero-order valence-electron chi connectivity index (χ0n) is 12.4. The second-order valence-electron chi connectivity index (χ2n) is 4.99. The van der Waals surface area contributed by atoms with Crippen LogP contribution >= 0.6 is 11.3 Å². The molecule has 108 valence electrons. The van der Waals surface area contributed by atoms with Crippen LogP contribution in [0, 0.1) is 0 Å². The minimum absolute atomic E-state index is 0.456. The fourth-order valence-electron chi connectivity index (χ4n) is 2.04. The summed E-state index contributed by atoms with van der Waals surface area (Å²) in [5.41, 5.74) is 2.37. The van der Waals surface area contributed by atoms with Crippen LogP contribution in [0.3, 0.4) is 0 Å². The van der Waals surface area contributed by atoms with Crippen molar-refractivity contribution in [2.75, 3.05) is 14.2 Å². The molecule has 1 N–H and O–H groups in total. The molecule has 4 nitrogen and oxygen atoms in total. The first-order valence-electron chi connectivity index (χ1n) is 6.76. The molecule has 0 aromatic carbocycles. The van der Waals surface area contributed by atoms with Gasteiger partial charge in [-0.1, -0.05) is 19.9 Å². The standard InChI is InChI=1S/C15H21N3OS/c1-10(2)15-12(9-16-3)20-14(18-15)7-11-5-6-13(19-4)17-8-11/h5-6,8,10,16H,7,9H2,1-4H3. The van der Waals surface area contributed by atoms with Gasteiger partial charge in [0, 0.05) is 30.1 Å². The molecular formula is C15H21N3OS. The van der Waals surface area contributed by atoms with Crippen molar-refractivity contribution in [3.8, 4) is 5.88 Å². The molecule has 2 aromatic heterocycles. The zero-order chi connectivity index (χ0) is 14.5. The van der Waals surface area contributed by atoms with E-state index in [1.54, 1.807) is 18.4 Å². The van der Waals surface area contributed by atoms with Gasteiger partial charge in [-0.15, -0.1) is 11.3 Å². The van der Waals surface area contributed by atoms with E-state index in [4.69, 9.17) is 9.72 Å². The normalized spacial score (nSPS) is 11.1. The zero-order valence-corrected chi connectivity index (χ0v) is 13.3. The van der Waals surface area contributed by atoms with E-state index in [-0.39, 0.29) is 0 Å². The highest BCUT2D eigenvalue weighted by Gasteiger charge is 2.14. The maximum absolute atomic E-state index is 5.07. The van der Waals surface area contributed by atoms with Gasteiger partial charge >= 0.3 is 0 Å². The van der Waals surface area contributed by atoms with Gasteiger partial charge in [0.15, 0.2) is 0 Å². The van der Waals surface area contributed by atoms with Gasteiger partial charge in [-0.2, -0.15) is 0 Å². The van der Waals surface area contributed by atoms with E-state index in [1.807, 2.05) is 25.4 Å². The summed E-state index contributed by atoms with van der Waals surface area (Å²) in [6.07, 6.45) is 2.68. The van der Waals surface area contributed by atoms with Crippen molar-refractivity contribution >= 4 is 11.3 Å². The van der Waals surface area contributed by atoms with Crippen LogP contribution in [0.5, 0.6) is 5.88 Å². The summed E-state index contributed by atoms with van der Waals surface area (Å²) < 4.78 is 5.07. The van der Waals surface area contributed by atoms with Crippen LogP contribution in [0.15, 0.2) is 18.3 Å². The number of pyridine rings is 1. The molecule has 0 aliphatic heterocycles. The molecular weight excluding hydrogens is 270 g/mol. The number of rotatable bonds is 6. The van der Waals surface area contributed by atoms with Crippen molar-refractivity contribution in [1.82, 2.24) is 15.3 Å². The lowest BCUT2D eigenvalue weighted by Crippen LogP contribution is -2.06. The molecule has 0 bridgehead atoms.